The van der Waals surface area contributed by atoms with Gasteiger partial charge >= 0.3 is 0 Å². The number of aromatic nitrogens is 2. The van der Waals surface area contributed by atoms with Crippen molar-refractivity contribution in [1.29, 1.82) is 0 Å². The quantitative estimate of drug-likeness (QED) is 0.634. The fourth-order valence-electron chi connectivity index (χ4n) is 3.22. The van der Waals surface area contributed by atoms with Crippen molar-refractivity contribution in [3.63, 3.8) is 0 Å². The number of nitrogens with two attached hydrogens (primary N) is 1. The van der Waals surface area contributed by atoms with E-state index in [1.807, 2.05) is 10.9 Å². The first kappa shape index (κ1) is 14.5. The number of aryl methyl sites for hydroxylation is 1. The van der Waals surface area contributed by atoms with Crippen LogP contribution in [0.5, 0.6) is 0 Å². The van der Waals surface area contributed by atoms with Gasteiger partial charge < -0.3 is 0 Å². The average molecular weight is 264 g/mol. The molecular weight excluding hydrogens is 236 g/mol. The summed E-state index contributed by atoms with van der Waals surface area (Å²) in [4.78, 5) is 0. The van der Waals surface area contributed by atoms with Crippen LogP contribution < -0.4 is 11.3 Å². The van der Waals surface area contributed by atoms with Crippen molar-refractivity contribution in [3.05, 3.63) is 18.0 Å². The summed E-state index contributed by atoms with van der Waals surface area (Å²) >= 11 is 0. The highest BCUT2D eigenvalue weighted by Gasteiger charge is 2.23. The van der Waals surface area contributed by atoms with Crippen LogP contribution in [-0.4, -0.2) is 9.78 Å². The van der Waals surface area contributed by atoms with E-state index in [0.717, 1.165) is 13.0 Å². The molecule has 1 fully saturated rings. The zero-order valence-electron chi connectivity index (χ0n) is 12.1. The Bertz CT molecular complexity index is 353. The topological polar surface area (TPSA) is 55.9 Å². The first-order chi connectivity index (χ1) is 9.35. The summed E-state index contributed by atoms with van der Waals surface area (Å²) in [6, 6.07) is 0.267. The van der Waals surface area contributed by atoms with Crippen LogP contribution in [0.3, 0.4) is 0 Å². The normalized spacial score (nSPS) is 19.9. The molecule has 0 aromatic carbocycles. The highest BCUT2D eigenvalue weighted by molar-refractivity contribution is 5.11. The Hall–Kier alpha value is -0.870. The fourth-order valence-corrected chi connectivity index (χ4v) is 3.22. The van der Waals surface area contributed by atoms with Crippen LogP contribution in [0.2, 0.25) is 0 Å². The first-order valence-corrected chi connectivity index (χ1v) is 7.83. The molecule has 1 aromatic heterocycles. The van der Waals surface area contributed by atoms with Crippen LogP contribution in [0.25, 0.3) is 0 Å². The van der Waals surface area contributed by atoms with Crippen molar-refractivity contribution in [1.82, 2.24) is 15.2 Å². The number of hydrogen-bond acceptors (Lipinski definition) is 3. The van der Waals surface area contributed by atoms with Gasteiger partial charge in [0.05, 0.1) is 12.2 Å². The standard InChI is InChI=1S/C15H28N4/c1-2-10-19-12-14(11-17-19)15(18-16)13-8-6-4-3-5-7-9-13/h11-13,15,18H,2-10,16H2,1H3. The van der Waals surface area contributed by atoms with Gasteiger partial charge in [0.2, 0.25) is 0 Å². The summed E-state index contributed by atoms with van der Waals surface area (Å²) in [7, 11) is 0. The Kier molecular flexibility index (Phi) is 5.86. The first-order valence-electron chi connectivity index (χ1n) is 7.83. The van der Waals surface area contributed by atoms with E-state index in [-0.39, 0.29) is 6.04 Å². The van der Waals surface area contributed by atoms with E-state index in [2.05, 4.69) is 23.6 Å². The monoisotopic (exact) mass is 264 g/mol. The van der Waals surface area contributed by atoms with E-state index >= 15 is 0 Å². The molecule has 1 atom stereocenters. The number of nitrogens with zero attached hydrogens (tertiary/aromatic N) is 2. The average Bonchev–Trinajstić information content (AvgIpc) is 2.81. The van der Waals surface area contributed by atoms with Crippen molar-refractivity contribution >= 4 is 0 Å². The molecule has 4 nitrogen and oxygen atoms in total. The largest absolute Gasteiger partial charge is 0.272 e. The summed E-state index contributed by atoms with van der Waals surface area (Å²) < 4.78 is 2.03. The third kappa shape index (κ3) is 4.05. The number of hydrogen-bond donors (Lipinski definition) is 2. The highest BCUT2D eigenvalue weighted by atomic mass is 15.3. The van der Waals surface area contributed by atoms with Gasteiger partial charge in [-0.25, -0.2) is 0 Å². The Balaban J connectivity index is 2.03. The molecule has 1 saturated carbocycles. The van der Waals surface area contributed by atoms with Crippen molar-refractivity contribution in [2.24, 2.45) is 11.8 Å². The lowest BCUT2D eigenvalue weighted by atomic mass is 9.84. The van der Waals surface area contributed by atoms with Crippen molar-refractivity contribution < 1.29 is 0 Å². The minimum Gasteiger partial charge on any atom is -0.272 e. The second-order valence-electron chi connectivity index (χ2n) is 5.79. The molecule has 1 aliphatic rings. The molecule has 0 radical (unpaired) electrons. The van der Waals surface area contributed by atoms with E-state index in [0.29, 0.717) is 5.92 Å². The van der Waals surface area contributed by atoms with Crippen LogP contribution in [0.1, 0.15) is 69.9 Å². The summed E-state index contributed by atoms with van der Waals surface area (Å²) in [6.45, 7) is 3.16. The molecule has 19 heavy (non-hydrogen) atoms. The summed E-state index contributed by atoms with van der Waals surface area (Å²) in [6.07, 6.45) is 14.7. The van der Waals surface area contributed by atoms with Gasteiger partial charge in [0.25, 0.3) is 0 Å². The van der Waals surface area contributed by atoms with Gasteiger partial charge in [-0.15, -0.1) is 0 Å². The zero-order valence-corrected chi connectivity index (χ0v) is 12.1. The van der Waals surface area contributed by atoms with Crippen LogP contribution in [-0.2, 0) is 6.54 Å². The van der Waals surface area contributed by atoms with Crippen LogP contribution in [0, 0.1) is 5.92 Å². The molecule has 3 N–H and O–H groups in total. The summed E-state index contributed by atoms with van der Waals surface area (Å²) in [5, 5.41) is 4.43. The lowest BCUT2D eigenvalue weighted by molar-refractivity contribution is 0.290. The molecule has 2 rings (SSSR count). The minimum absolute atomic E-state index is 0.267. The highest BCUT2D eigenvalue weighted by Crippen LogP contribution is 2.32. The van der Waals surface area contributed by atoms with Crippen molar-refractivity contribution in [2.75, 3.05) is 0 Å². The molecule has 108 valence electrons. The van der Waals surface area contributed by atoms with Gasteiger partial charge in [-0.3, -0.25) is 16.0 Å². The van der Waals surface area contributed by atoms with Crippen molar-refractivity contribution in [3.8, 4) is 0 Å². The van der Waals surface area contributed by atoms with E-state index in [4.69, 9.17) is 5.84 Å². The predicted molar refractivity (Wildman–Crippen MR) is 78.4 cm³/mol. The smallest absolute Gasteiger partial charge is 0.0538 e. The SMILES string of the molecule is CCCn1cc(C(NN)C2CCCCCCC2)cn1. The second kappa shape index (κ2) is 7.65. The van der Waals surface area contributed by atoms with E-state index in [1.165, 1.54) is 50.5 Å². The number of hydrazine groups is 1. The van der Waals surface area contributed by atoms with Gasteiger partial charge in [-0.2, -0.15) is 5.10 Å². The molecule has 4 heteroatoms. The van der Waals surface area contributed by atoms with Gasteiger partial charge in [-0.05, 0) is 25.2 Å². The maximum absolute atomic E-state index is 5.82. The third-order valence-corrected chi connectivity index (χ3v) is 4.27. The van der Waals surface area contributed by atoms with Crippen LogP contribution >= 0.6 is 0 Å². The van der Waals surface area contributed by atoms with Gasteiger partial charge in [0, 0.05) is 18.3 Å². The van der Waals surface area contributed by atoms with Gasteiger partial charge in [0.15, 0.2) is 0 Å². The molecule has 1 unspecified atom stereocenters. The molecule has 0 amide bonds. The van der Waals surface area contributed by atoms with Gasteiger partial charge in [0.1, 0.15) is 0 Å². The molecule has 1 aromatic rings. The Morgan fingerprint density at radius 1 is 1.32 bits per heavy atom. The molecule has 0 bridgehead atoms. The molecule has 0 aliphatic heterocycles. The maximum Gasteiger partial charge on any atom is 0.0538 e. The van der Waals surface area contributed by atoms with Crippen LogP contribution in [0.15, 0.2) is 12.4 Å². The lowest BCUT2D eigenvalue weighted by Gasteiger charge is -2.27. The number of rotatable bonds is 5. The Morgan fingerprint density at radius 2 is 2.00 bits per heavy atom. The summed E-state index contributed by atoms with van der Waals surface area (Å²) in [5.74, 6) is 6.48. The van der Waals surface area contributed by atoms with Crippen LogP contribution in [0.4, 0.5) is 0 Å². The molecule has 0 saturated heterocycles. The third-order valence-electron chi connectivity index (χ3n) is 4.27. The zero-order chi connectivity index (χ0) is 13.5. The predicted octanol–water partition coefficient (Wildman–Crippen LogP) is 3.16. The fraction of sp³-hybridized carbons (Fsp3) is 0.800. The summed E-state index contributed by atoms with van der Waals surface area (Å²) in [5.41, 5.74) is 4.29. The minimum atomic E-state index is 0.267. The lowest BCUT2D eigenvalue weighted by Crippen LogP contribution is -2.33. The maximum atomic E-state index is 5.82. The number of nitrogens with one attached hydrogen (secondary N) is 1. The van der Waals surface area contributed by atoms with E-state index in [1.54, 1.807) is 0 Å². The second-order valence-corrected chi connectivity index (χ2v) is 5.79. The molecule has 1 aliphatic carbocycles. The van der Waals surface area contributed by atoms with E-state index < -0.39 is 0 Å². The molecule has 0 spiro atoms. The Labute approximate surface area is 116 Å². The van der Waals surface area contributed by atoms with Gasteiger partial charge in [-0.1, -0.05) is 39.0 Å². The Morgan fingerprint density at radius 3 is 2.63 bits per heavy atom. The molecule has 1 heterocycles. The molecular formula is C15H28N4. The van der Waals surface area contributed by atoms with Crippen molar-refractivity contribution in [2.45, 2.75) is 70.9 Å². The van der Waals surface area contributed by atoms with E-state index in [9.17, 15) is 0 Å².